The number of alkyl halides is 2. The Labute approximate surface area is 89.8 Å². The molecule has 88 valence electrons. The minimum absolute atomic E-state index is 0.0509. The third kappa shape index (κ3) is 3.15. The zero-order valence-electron chi connectivity index (χ0n) is 8.38. The molecule has 1 rings (SSSR count). The number of halogens is 3. The molecule has 0 unspecified atom stereocenters. The van der Waals surface area contributed by atoms with E-state index >= 15 is 0 Å². The van der Waals surface area contributed by atoms with Gasteiger partial charge in [-0.3, -0.25) is 4.79 Å². The van der Waals surface area contributed by atoms with Crippen LogP contribution >= 0.6 is 0 Å². The van der Waals surface area contributed by atoms with Crippen molar-refractivity contribution in [2.75, 3.05) is 7.11 Å². The van der Waals surface area contributed by atoms with Crippen LogP contribution in [0.25, 0.3) is 0 Å². The van der Waals surface area contributed by atoms with E-state index < -0.39 is 24.1 Å². The fourth-order valence-electron chi connectivity index (χ4n) is 1.11. The van der Waals surface area contributed by atoms with Crippen molar-refractivity contribution in [2.24, 2.45) is 0 Å². The van der Waals surface area contributed by atoms with Crippen molar-refractivity contribution in [2.45, 2.75) is 13.0 Å². The maximum atomic E-state index is 13.5. The first-order chi connectivity index (χ1) is 7.54. The van der Waals surface area contributed by atoms with Crippen molar-refractivity contribution in [3.63, 3.8) is 0 Å². The molecule has 3 nitrogen and oxygen atoms in total. The lowest BCUT2D eigenvalue weighted by atomic mass is 10.1. The van der Waals surface area contributed by atoms with Crippen LogP contribution < -0.4 is 4.74 Å². The first-order valence-corrected chi connectivity index (χ1v) is 4.33. The normalized spacial score (nSPS) is 10.3. The molecule has 6 heteroatoms. The number of carbonyl (C=O) groups excluding carboxylic acids is 1. The van der Waals surface area contributed by atoms with E-state index in [1.807, 2.05) is 0 Å². The number of carbonyl (C=O) groups is 1. The van der Waals surface area contributed by atoms with Gasteiger partial charge in [0.15, 0.2) is 11.6 Å². The molecular formula is C10H9F3O3. The fraction of sp³-hybridized carbons (Fsp3) is 0.300. The summed E-state index contributed by atoms with van der Waals surface area (Å²) in [6.07, 6.45) is -0.331. The Morgan fingerprint density at radius 1 is 1.44 bits per heavy atom. The van der Waals surface area contributed by atoms with E-state index in [0.29, 0.717) is 0 Å². The average molecular weight is 234 g/mol. The Balaban J connectivity index is 2.90. The lowest BCUT2D eigenvalue weighted by Gasteiger charge is -2.08. The monoisotopic (exact) mass is 234 g/mol. The Bertz CT molecular complexity index is 380. The topological polar surface area (TPSA) is 35.5 Å². The molecule has 0 fully saturated rings. The number of ether oxygens (including phenoxy) is 2. The van der Waals surface area contributed by atoms with Crippen LogP contribution in [0.3, 0.4) is 0 Å². The Hall–Kier alpha value is -1.72. The molecule has 0 saturated carbocycles. The van der Waals surface area contributed by atoms with Gasteiger partial charge in [-0.25, -0.2) is 4.39 Å². The molecule has 0 aliphatic rings. The molecular weight excluding hydrogens is 225 g/mol. The van der Waals surface area contributed by atoms with Crippen LogP contribution in [0.5, 0.6) is 5.75 Å². The third-order valence-electron chi connectivity index (χ3n) is 1.82. The molecule has 1 aromatic rings. The Morgan fingerprint density at radius 2 is 2.12 bits per heavy atom. The first kappa shape index (κ1) is 12.4. The van der Waals surface area contributed by atoms with Crippen molar-refractivity contribution >= 4 is 5.97 Å². The summed E-state index contributed by atoms with van der Waals surface area (Å²) in [4.78, 5) is 10.9. The lowest BCUT2D eigenvalue weighted by Crippen LogP contribution is -2.09. The molecule has 0 aliphatic carbocycles. The second-order valence-corrected chi connectivity index (χ2v) is 2.86. The standard InChI is InChI=1S/C10H9F3O3/c1-15-8(14)5-6-3-2-4-7(9(6)11)16-10(12)13/h2-4,10H,5H2,1H3. The molecule has 0 N–H and O–H groups in total. The van der Waals surface area contributed by atoms with Gasteiger partial charge >= 0.3 is 12.6 Å². The van der Waals surface area contributed by atoms with Gasteiger partial charge in [0.2, 0.25) is 0 Å². The number of benzene rings is 1. The van der Waals surface area contributed by atoms with E-state index in [0.717, 1.165) is 13.2 Å². The van der Waals surface area contributed by atoms with Crippen molar-refractivity contribution in [1.82, 2.24) is 0 Å². The van der Waals surface area contributed by atoms with Crippen molar-refractivity contribution in [3.8, 4) is 5.75 Å². The van der Waals surface area contributed by atoms with Crippen LogP contribution in [0, 0.1) is 5.82 Å². The van der Waals surface area contributed by atoms with E-state index in [2.05, 4.69) is 9.47 Å². The molecule has 0 spiro atoms. The van der Waals surface area contributed by atoms with Gasteiger partial charge < -0.3 is 9.47 Å². The highest BCUT2D eigenvalue weighted by molar-refractivity contribution is 5.72. The molecule has 1 aromatic carbocycles. The summed E-state index contributed by atoms with van der Waals surface area (Å²) in [5.74, 6) is -2.22. The second kappa shape index (κ2) is 5.39. The summed E-state index contributed by atoms with van der Waals surface area (Å²) in [6, 6.07) is 3.67. The van der Waals surface area contributed by atoms with Gasteiger partial charge in [-0.05, 0) is 6.07 Å². The predicted octanol–water partition coefficient (Wildman–Crippen LogP) is 2.14. The number of methoxy groups -OCH3 is 1. The number of hydrogen-bond donors (Lipinski definition) is 0. The van der Waals surface area contributed by atoms with Crippen LogP contribution in [0.2, 0.25) is 0 Å². The molecule has 0 aliphatic heterocycles. The molecule has 0 amide bonds. The largest absolute Gasteiger partial charge is 0.469 e. The Kier molecular flexibility index (Phi) is 4.16. The van der Waals surface area contributed by atoms with Gasteiger partial charge in [0.1, 0.15) is 0 Å². The second-order valence-electron chi connectivity index (χ2n) is 2.86. The number of hydrogen-bond acceptors (Lipinski definition) is 3. The fourth-order valence-corrected chi connectivity index (χ4v) is 1.11. The van der Waals surface area contributed by atoms with Crippen LogP contribution in [-0.4, -0.2) is 19.7 Å². The van der Waals surface area contributed by atoms with E-state index in [-0.39, 0.29) is 12.0 Å². The highest BCUT2D eigenvalue weighted by Gasteiger charge is 2.15. The average Bonchev–Trinajstić information content (AvgIpc) is 2.23. The zero-order valence-corrected chi connectivity index (χ0v) is 8.38. The molecule has 0 bridgehead atoms. The molecule has 0 radical (unpaired) electrons. The van der Waals surface area contributed by atoms with Gasteiger partial charge in [-0.1, -0.05) is 12.1 Å². The van der Waals surface area contributed by atoms with Crippen molar-refractivity contribution in [3.05, 3.63) is 29.6 Å². The summed E-state index contributed by atoms with van der Waals surface area (Å²) < 4.78 is 45.5. The van der Waals surface area contributed by atoms with Gasteiger partial charge in [-0.15, -0.1) is 0 Å². The van der Waals surface area contributed by atoms with Gasteiger partial charge in [0.05, 0.1) is 13.5 Å². The number of rotatable bonds is 4. The predicted molar refractivity (Wildman–Crippen MR) is 48.8 cm³/mol. The highest BCUT2D eigenvalue weighted by Crippen LogP contribution is 2.22. The third-order valence-corrected chi connectivity index (χ3v) is 1.82. The quantitative estimate of drug-likeness (QED) is 0.749. The molecule has 16 heavy (non-hydrogen) atoms. The molecule has 0 saturated heterocycles. The summed E-state index contributed by atoms with van der Waals surface area (Å²) in [7, 11) is 1.15. The zero-order chi connectivity index (χ0) is 12.1. The van der Waals surface area contributed by atoms with Crippen molar-refractivity contribution < 1.29 is 27.4 Å². The van der Waals surface area contributed by atoms with Crippen molar-refractivity contribution in [1.29, 1.82) is 0 Å². The van der Waals surface area contributed by atoms with E-state index in [1.54, 1.807) is 0 Å². The highest BCUT2D eigenvalue weighted by atomic mass is 19.3. The molecule has 0 aromatic heterocycles. The first-order valence-electron chi connectivity index (χ1n) is 4.33. The SMILES string of the molecule is COC(=O)Cc1cccc(OC(F)F)c1F. The van der Waals surface area contributed by atoms with E-state index in [1.165, 1.54) is 12.1 Å². The van der Waals surface area contributed by atoms with Crippen LogP contribution in [-0.2, 0) is 16.0 Å². The van der Waals surface area contributed by atoms with Crippen LogP contribution in [0.15, 0.2) is 18.2 Å². The summed E-state index contributed by atoms with van der Waals surface area (Å²) in [6.45, 7) is -3.11. The summed E-state index contributed by atoms with van der Waals surface area (Å²) in [5, 5.41) is 0. The smallest absolute Gasteiger partial charge is 0.387 e. The minimum atomic E-state index is -3.11. The van der Waals surface area contributed by atoms with Gasteiger partial charge in [0.25, 0.3) is 0 Å². The summed E-state index contributed by atoms with van der Waals surface area (Å²) >= 11 is 0. The maximum absolute atomic E-state index is 13.5. The van der Waals surface area contributed by atoms with Crippen LogP contribution in [0.4, 0.5) is 13.2 Å². The minimum Gasteiger partial charge on any atom is -0.469 e. The molecule has 0 atom stereocenters. The Morgan fingerprint density at radius 3 is 2.69 bits per heavy atom. The van der Waals surface area contributed by atoms with Gasteiger partial charge in [0, 0.05) is 5.56 Å². The summed E-state index contributed by atoms with van der Waals surface area (Å²) in [5.41, 5.74) is -0.0509. The lowest BCUT2D eigenvalue weighted by molar-refractivity contribution is -0.139. The maximum Gasteiger partial charge on any atom is 0.387 e. The van der Waals surface area contributed by atoms with Crippen LogP contribution in [0.1, 0.15) is 5.56 Å². The van der Waals surface area contributed by atoms with E-state index in [9.17, 15) is 18.0 Å². The number of esters is 1. The molecule has 0 heterocycles. The van der Waals surface area contributed by atoms with Gasteiger partial charge in [-0.2, -0.15) is 8.78 Å². The van der Waals surface area contributed by atoms with E-state index in [4.69, 9.17) is 0 Å².